The number of likely N-dealkylation sites (tertiary alicyclic amines) is 1. The summed E-state index contributed by atoms with van der Waals surface area (Å²) in [6, 6.07) is 4.41. The molecule has 1 aliphatic heterocycles. The number of hydrogen-bond donors (Lipinski definition) is 1. The Kier molecular flexibility index (Phi) is 6.14. The number of amides is 1. The molecule has 0 spiro atoms. The van der Waals surface area contributed by atoms with Gasteiger partial charge in [0, 0.05) is 31.6 Å². The molecule has 116 valence electrons. The first-order chi connectivity index (χ1) is 10.2. The van der Waals surface area contributed by atoms with Gasteiger partial charge in [-0.05, 0) is 44.0 Å². The van der Waals surface area contributed by atoms with Crippen LogP contribution in [0.15, 0.2) is 24.5 Å². The summed E-state index contributed by atoms with van der Waals surface area (Å²) in [6.45, 7) is 4.57. The number of ether oxygens (including phenoxy) is 1. The minimum atomic E-state index is -0.0251. The monoisotopic (exact) mass is 291 g/mol. The Morgan fingerprint density at radius 3 is 3.14 bits per heavy atom. The standard InChI is InChI=1S/C16H25N3O2/c1-3-9-21-12-15(20)18-11-14-6-8-19(2)16(14)13-5-4-7-17-10-13/h4-5,7,10,14,16H,3,6,8-9,11-12H2,1-2H3,(H,18,20)/t14-,16-/m0/s1. The van der Waals surface area contributed by atoms with E-state index in [9.17, 15) is 4.79 Å². The molecule has 1 N–H and O–H groups in total. The van der Waals surface area contributed by atoms with E-state index in [-0.39, 0.29) is 12.5 Å². The maximum atomic E-state index is 11.7. The van der Waals surface area contributed by atoms with Crippen LogP contribution in [0.25, 0.3) is 0 Å². The SMILES string of the molecule is CCCOCC(=O)NC[C@@H]1CCN(C)[C@H]1c1cccnc1. The van der Waals surface area contributed by atoms with Gasteiger partial charge in [0.25, 0.3) is 0 Å². The molecule has 1 saturated heterocycles. The van der Waals surface area contributed by atoms with Crippen LogP contribution >= 0.6 is 0 Å². The Bertz CT molecular complexity index is 438. The minimum absolute atomic E-state index is 0.0251. The molecular formula is C16H25N3O2. The lowest BCUT2D eigenvalue weighted by atomic mass is 9.95. The van der Waals surface area contributed by atoms with E-state index in [1.54, 1.807) is 6.20 Å². The van der Waals surface area contributed by atoms with E-state index >= 15 is 0 Å². The van der Waals surface area contributed by atoms with Gasteiger partial charge in [-0.25, -0.2) is 0 Å². The van der Waals surface area contributed by atoms with Crippen LogP contribution in [0.4, 0.5) is 0 Å². The first-order valence-corrected chi connectivity index (χ1v) is 7.67. The van der Waals surface area contributed by atoms with E-state index < -0.39 is 0 Å². The third-order valence-corrected chi connectivity index (χ3v) is 3.94. The number of rotatable bonds is 7. The van der Waals surface area contributed by atoms with Crippen LogP contribution in [0, 0.1) is 5.92 Å². The molecule has 0 unspecified atom stereocenters. The molecule has 2 rings (SSSR count). The van der Waals surface area contributed by atoms with Crippen molar-refractivity contribution in [1.29, 1.82) is 0 Å². The number of carbonyl (C=O) groups excluding carboxylic acids is 1. The van der Waals surface area contributed by atoms with Gasteiger partial charge in [0.1, 0.15) is 6.61 Å². The summed E-state index contributed by atoms with van der Waals surface area (Å²) in [4.78, 5) is 18.3. The van der Waals surface area contributed by atoms with E-state index in [4.69, 9.17) is 4.74 Å². The van der Waals surface area contributed by atoms with E-state index in [0.717, 1.165) is 19.4 Å². The molecule has 1 fully saturated rings. The number of carbonyl (C=O) groups is 1. The van der Waals surface area contributed by atoms with Crippen LogP contribution in [-0.2, 0) is 9.53 Å². The van der Waals surface area contributed by atoms with Gasteiger partial charge in [-0.2, -0.15) is 0 Å². The summed E-state index contributed by atoms with van der Waals surface area (Å²) >= 11 is 0. The fourth-order valence-electron chi connectivity index (χ4n) is 2.92. The Labute approximate surface area is 126 Å². The number of nitrogens with zero attached hydrogens (tertiary/aromatic N) is 2. The molecule has 21 heavy (non-hydrogen) atoms. The maximum absolute atomic E-state index is 11.7. The summed E-state index contributed by atoms with van der Waals surface area (Å²) in [6.07, 6.45) is 5.74. The average molecular weight is 291 g/mol. The van der Waals surface area contributed by atoms with Gasteiger partial charge in [0.05, 0.1) is 0 Å². The second-order valence-corrected chi connectivity index (χ2v) is 5.62. The van der Waals surface area contributed by atoms with Gasteiger partial charge in [0.2, 0.25) is 5.91 Å². The van der Waals surface area contributed by atoms with Crippen molar-refractivity contribution in [2.45, 2.75) is 25.8 Å². The number of aromatic nitrogens is 1. The number of hydrogen-bond acceptors (Lipinski definition) is 4. The lowest BCUT2D eigenvalue weighted by Crippen LogP contribution is -2.34. The van der Waals surface area contributed by atoms with Crippen LogP contribution in [-0.4, -0.2) is 49.1 Å². The van der Waals surface area contributed by atoms with Gasteiger partial charge >= 0.3 is 0 Å². The van der Waals surface area contributed by atoms with Crippen LogP contribution in [0.5, 0.6) is 0 Å². The van der Waals surface area contributed by atoms with Crippen LogP contribution < -0.4 is 5.32 Å². The van der Waals surface area contributed by atoms with Gasteiger partial charge in [0.15, 0.2) is 0 Å². The molecule has 1 aliphatic rings. The van der Waals surface area contributed by atoms with Gasteiger partial charge < -0.3 is 10.1 Å². The van der Waals surface area contributed by atoms with E-state index in [1.807, 2.05) is 19.2 Å². The third-order valence-electron chi connectivity index (χ3n) is 3.94. The lowest BCUT2D eigenvalue weighted by molar-refractivity contribution is -0.125. The zero-order valence-electron chi connectivity index (χ0n) is 12.9. The van der Waals surface area contributed by atoms with Crippen LogP contribution in [0.2, 0.25) is 0 Å². The maximum Gasteiger partial charge on any atom is 0.246 e. The predicted octanol–water partition coefficient (Wildman–Crippen LogP) is 1.62. The van der Waals surface area contributed by atoms with Crippen molar-refractivity contribution in [1.82, 2.24) is 15.2 Å². The molecule has 0 radical (unpaired) electrons. The zero-order valence-corrected chi connectivity index (χ0v) is 12.9. The highest BCUT2D eigenvalue weighted by molar-refractivity contribution is 5.77. The highest BCUT2D eigenvalue weighted by Gasteiger charge is 2.33. The highest BCUT2D eigenvalue weighted by Crippen LogP contribution is 2.35. The van der Waals surface area contributed by atoms with E-state index in [0.29, 0.717) is 25.1 Å². The molecule has 0 bridgehead atoms. The summed E-state index contributed by atoms with van der Waals surface area (Å²) < 4.78 is 5.26. The normalized spacial score (nSPS) is 22.4. The molecule has 0 aliphatic carbocycles. The molecule has 2 heterocycles. The predicted molar refractivity (Wildman–Crippen MR) is 81.8 cm³/mol. The highest BCUT2D eigenvalue weighted by atomic mass is 16.5. The molecule has 1 aromatic rings. The van der Waals surface area contributed by atoms with Crippen LogP contribution in [0.3, 0.4) is 0 Å². The Balaban J connectivity index is 1.86. The van der Waals surface area contributed by atoms with E-state index in [2.05, 4.69) is 28.3 Å². The summed E-state index contributed by atoms with van der Waals surface area (Å²) in [5, 5.41) is 2.99. The largest absolute Gasteiger partial charge is 0.372 e. The second kappa shape index (κ2) is 8.10. The van der Waals surface area contributed by atoms with Crippen molar-refractivity contribution in [3.8, 4) is 0 Å². The molecule has 2 atom stereocenters. The number of nitrogens with one attached hydrogen (secondary N) is 1. The topological polar surface area (TPSA) is 54.5 Å². The first-order valence-electron chi connectivity index (χ1n) is 7.67. The van der Waals surface area contributed by atoms with Crippen molar-refractivity contribution in [2.75, 3.05) is 33.4 Å². The average Bonchev–Trinajstić information content (AvgIpc) is 2.87. The van der Waals surface area contributed by atoms with Crippen molar-refractivity contribution in [3.05, 3.63) is 30.1 Å². The van der Waals surface area contributed by atoms with Crippen molar-refractivity contribution in [2.24, 2.45) is 5.92 Å². The third kappa shape index (κ3) is 4.51. The summed E-state index contributed by atoms with van der Waals surface area (Å²) in [7, 11) is 2.13. The molecule has 5 nitrogen and oxygen atoms in total. The van der Waals surface area contributed by atoms with Gasteiger partial charge in [-0.15, -0.1) is 0 Å². The van der Waals surface area contributed by atoms with Gasteiger partial charge in [-0.1, -0.05) is 13.0 Å². The molecule has 0 saturated carbocycles. The molecule has 1 amide bonds. The van der Waals surface area contributed by atoms with Crippen molar-refractivity contribution >= 4 is 5.91 Å². The van der Waals surface area contributed by atoms with Gasteiger partial charge in [-0.3, -0.25) is 14.7 Å². The fraction of sp³-hybridized carbons (Fsp3) is 0.625. The van der Waals surface area contributed by atoms with E-state index in [1.165, 1.54) is 5.56 Å². The fourth-order valence-corrected chi connectivity index (χ4v) is 2.92. The molecule has 1 aromatic heterocycles. The smallest absolute Gasteiger partial charge is 0.246 e. The Morgan fingerprint density at radius 2 is 2.43 bits per heavy atom. The minimum Gasteiger partial charge on any atom is -0.372 e. The quantitative estimate of drug-likeness (QED) is 0.776. The van der Waals surface area contributed by atoms with Crippen LogP contribution in [0.1, 0.15) is 31.4 Å². The Hall–Kier alpha value is -1.46. The summed E-state index contributed by atoms with van der Waals surface area (Å²) in [5.74, 6) is 0.400. The van der Waals surface area contributed by atoms with Crippen molar-refractivity contribution < 1.29 is 9.53 Å². The molecule has 0 aromatic carbocycles. The number of pyridine rings is 1. The Morgan fingerprint density at radius 1 is 1.57 bits per heavy atom. The second-order valence-electron chi connectivity index (χ2n) is 5.62. The molecule has 5 heteroatoms. The lowest BCUT2D eigenvalue weighted by Gasteiger charge is -2.25. The first kappa shape index (κ1) is 15.9. The van der Waals surface area contributed by atoms with Crippen molar-refractivity contribution in [3.63, 3.8) is 0 Å². The molecular weight excluding hydrogens is 266 g/mol. The summed E-state index contributed by atoms with van der Waals surface area (Å²) in [5.41, 5.74) is 1.22. The zero-order chi connectivity index (χ0) is 15.1.